The number of halogens is 1. The number of nitrogens with zero attached hydrogens (tertiary/aromatic N) is 1. The summed E-state index contributed by atoms with van der Waals surface area (Å²) in [6.45, 7) is 5.38. The monoisotopic (exact) mass is 351 g/mol. The second-order valence-corrected chi connectivity index (χ2v) is 7.82. The maximum Gasteiger partial charge on any atom is 0.303 e. The molecule has 1 aromatic carbocycles. The van der Waals surface area contributed by atoms with Gasteiger partial charge in [0.15, 0.2) is 0 Å². The molecule has 1 aliphatic rings. The van der Waals surface area contributed by atoms with Crippen LogP contribution in [-0.2, 0) is 16.0 Å². The maximum atomic E-state index is 13.0. The summed E-state index contributed by atoms with van der Waals surface area (Å²) in [5.74, 6) is -0.331. The first-order valence-electron chi connectivity index (χ1n) is 8.53. The molecule has 1 aliphatic heterocycles. The van der Waals surface area contributed by atoms with Crippen molar-refractivity contribution in [1.82, 2.24) is 4.90 Å². The van der Waals surface area contributed by atoms with Crippen LogP contribution in [0.15, 0.2) is 24.3 Å². The Hall–Kier alpha value is -1.55. The molecule has 24 heavy (non-hydrogen) atoms. The van der Waals surface area contributed by atoms with Crippen molar-refractivity contribution < 1.29 is 14.7 Å². The van der Waals surface area contributed by atoms with Crippen LogP contribution in [0.1, 0.15) is 45.1 Å². The van der Waals surface area contributed by atoms with Gasteiger partial charge in [0.1, 0.15) is 0 Å². The fourth-order valence-corrected chi connectivity index (χ4v) is 3.69. The van der Waals surface area contributed by atoms with Gasteiger partial charge in [-0.15, -0.1) is 0 Å². The number of hydrogen-bond donors (Lipinski definition) is 1. The van der Waals surface area contributed by atoms with E-state index in [-0.39, 0.29) is 12.3 Å². The van der Waals surface area contributed by atoms with Crippen LogP contribution in [0.25, 0.3) is 0 Å². The number of likely N-dealkylation sites (tertiary alicyclic amines) is 1. The average Bonchev–Trinajstić information content (AvgIpc) is 2.52. The molecular weight excluding hydrogens is 326 g/mol. The Morgan fingerprint density at radius 3 is 2.79 bits per heavy atom. The molecule has 1 saturated heterocycles. The molecular formula is C19H26ClNO3. The number of carbonyl (C=O) groups excluding carboxylic acids is 1. The number of piperidine rings is 1. The summed E-state index contributed by atoms with van der Waals surface area (Å²) in [5.41, 5.74) is 0.555. The first-order valence-corrected chi connectivity index (χ1v) is 8.91. The van der Waals surface area contributed by atoms with Gasteiger partial charge in [0.05, 0.1) is 0 Å². The molecule has 1 atom stereocenters. The van der Waals surface area contributed by atoms with Crippen LogP contribution in [0.5, 0.6) is 0 Å². The van der Waals surface area contributed by atoms with Gasteiger partial charge in [-0.25, -0.2) is 0 Å². The number of rotatable bonds is 6. The lowest BCUT2D eigenvalue weighted by Crippen LogP contribution is -2.47. The minimum atomic E-state index is -0.764. The first-order chi connectivity index (χ1) is 11.3. The molecule has 0 bridgehead atoms. The highest BCUT2D eigenvalue weighted by atomic mass is 35.5. The predicted molar refractivity (Wildman–Crippen MR) is 95.1 cm³/mol. The van der Waals surface area contributed by atoms with E-state index < -0.39 is 11.4 Å². The van der Waals surface area contributed by atoms with E-state index >= 15 is 0 Å². The van der Waals surface area contributed by atoms with Gasteiger partial charge in [-0.2, -0.15) is 0 Å². The standard InChI is InChI=1S/C19H26ClNO3/c1-19(2,12-15-5-3-7-16(20)11-15)18(24)21-10-4-6-14(13-21)8-9-17(22)23/h3,5,7,11,14H,4,6,8-10,12-13H2,1-2H3,(H,22,23). The Morgan fingerprint density at radius 1 is 1.38 bits per heavy atom. The zero-order chi connectivity index (χ0) is 17.7. The van der Waals surface area contributed by atoms with Gasteiger partial charge in [-0.05, 0) is 49.3 Å². The Kier molecular flexibility index (Phi) is 6.27. The zero-order valence-corrected chi connectivity index (χ0v) is 15.2. The molecule has 132 valence electrons. The number of carboxylic acid groups (broad SMARTS) is 1. The summed E-state index contributed by atoms with van der Waals surface area (Å²) in [6.07, 6.45) is 3.42. The lowest BCUT2D eigenvalue weighted by atomic mass is 9.83. The largest absolute Gasteiger partial charge is 0.481 e. The third kappa shape index (κ3) is 5.23. The minimum absolute atomic E-state index is 0.141. The van der Waals surface area contributed by atoms with Gasteiger partial charge in [0, 0.05) is 29.9 Å². The highest BCUT2D eigenvalue weighted by Crippen LogP contribution is 2.29. The summed E-state index contributed by atoms with van der Waals surface area (Å²) < 4.78 is 0. The second kappa shape index (κ2) is 8.02. The smallest absolute Gasteiger partial charge is 0.303 e. The average molecular weight is 352 g/mol. The molecule has 1 aromatic rings. The van der Waals surface area contributed by atoms with E-state index in [1.165, 1.54) is 0 Å². The Labute approximate surface area is 148 Å². The molecule has 4 nitrogen and oxygen atoms in total. The van der Waals surface area contributed by atoms with Crippen LogP contribution in [0.2, 0.25) is 5.02 Å². The molecule has 1 N–H and O–H groups in total. The Balaban J connectivity index is 1.99. The summed E-state index contributed by atoms with van der Waals surface area (Å²) in [4.78, 5) is 25.6. The molecule has 0 radical (unpaired) electrons. The number of carbonyl (C=O) groups is 2. The topological polar surface area (TPSA) is 57.6 Å². The van der Waals surface area contributed by atoms with Gasteiger partial charge in [0.2, 0.25) is 5.91 Å². The predicted octanol–water partition coefficient (Wildman–Crippen LogP) is 4.01. The highest BCUT2D eigenvalue weighted by Gasteiger charge is 2.34. The number of carboxylic acids is 1. The molecule has 5 heteroatoms. The number of hydrogen-bond acceptors (Lipinski definition) is 2. The summed E-state index contributed by atoms with van der Waals surface area (Å²) in [5, 5.41) is 9.53. The van der Waals surface area contributed by atoms with Gasteiger partial charge in [0.25, 0.3) is 0 Å². The maximum absolute atomic E-state index is 13.0. The highest BCUT2D eigenvalue weighted by molar-refractivity contribution is 6.30. The van der Waals surface area contributed by atoms with Crippen molar-refractivity contribution in [3.8, 4) is 0 Å². The Morgan fingerprint density at radius 2 is 2.12 bits per heavy atom. The number of aliphatic carboxylic acids is 1. The van der Waals surface area contributed by atoms with Crippen molar-refractivity contribution in [3.05, 3.63) is 34.9 Å². The van der Waals surface area contributed by atoms with E-state index in [0.717, 1.165) is 24.9 Å². The van der Waals surface area contributed by atoms with Crippen LogP contribution in [0.4, 0.5) is 0 Å². The van der Waals surface area contributed by atoms with E-state index in [1.807, 2.05) is 43.0 Å². The van der Waals surface area contributed by atoms with Crippen LogP contribution in [0, 0.1) is 11.3 Å². The summed E-state index contributed by atoms with van der Waals surface area (Å²) in [7, 11) is 0. The van der Waals surface area contributed by atoms with Crippen LogP contribution < -0.4 is 0 Å². The SMILES string of the molecule is CC(C)(Cc1cccc(Cl)c1)C(=O)N1CCCC(CCC(=O)O)C1. The van der Waals surface area contributed by atoms with E-state index in [1.54, 1.807) is 0 Å². The quantitative estimate of drug-likeness (QED) is 0.842. The van der Waals surface area contributed by atoms with Gasteiger partial charge < -0.3 is 10.0 Å². The molecule has 1 heterocycles. The van der Waals surface area contributed by atoms with Crippen molar-refractivity contribution >= 4 is 23.5 Å². The lowest BCUT2D eigenvalue weighted by Gasteiger charge is -2.37. The number of amides is 1. The van der Waals surface area contributed by atoms with Crippen molar-refractivity contribution in [3.63, 3.8) is 0 Å². The van der Waals surface area contributed by atoms with E-state index in [4.69, 9.17) is 16.7 Å². The number of benzene rings is 1. The summed E-state index contributed by atoms with van der Waals surface area (Å²) >= 11 is 6.04. The van der Waals surface area contributed by atoms with Gasteiger partial charge >= 0.3 is 5.97 Å². The van der Waals surface area contributed by atoms with E-state index in [9.17, 15) is 9.59 Å². The van der Waals surface area contributed by atoms with Crippen LogP contribution in [0.3, 0.4) is 0 Å². The van der Waals surface area contributed by atoms with E-state index in [2.05, 4.69) is 0 Å². The second-order valence-electron chi connectivity index (χ2n) is 7.38. The molecule has 0 aromatic heterocycles. The summed E-state index contributed by atoms with van der Waals surface area (Å²) in [6, 6.07) is 7.63. The Bertz CT molecular complexity index is 600. The fraction of sp³-hybridized carbons (Fsp3) is 0.579. The molecule has 0 aliphatic carbocycles. The van der Waals surface area contributed by atoms with Crippen molar-refractivity contribution in [2.24, 2.45) is 11.3 Å². The lowest BCUT2D eigenvalue weighted by molar-refractivity contribution is -0.142. The van der Waals surface area contributed by atoms with Gasteiger partial charge in [-0.3, -0.25) is 9.59 Å². The third-order valence-electron chi connectivity index (χ3n) is 4.69. The third-order valence-corrected chi connectivity index (χ3v) is 4.92. The molecule has 1 unspecified atom stereocenters. The van der Waals surface area contributed by atoms with Gasteiger partial charge in [-0.1, -0.05) is 37.6 Å². The molecule has 0 spiro atoms. The first kappa shape index (κ1) is 18.8. The van der Waals surface area contributed by atoms with Crippen LogP contribution >= 0.6 is 11.6 Å². The van der Waals surface area contributed by atoms with Crippen molar-refractivity contribution in [2.45, 2.75) is 46.0 Å². The fourth-order valence-electron chi connectivity index (χ4n) is 3.47. The molecule has 0 saturated carbocycles. The minimum Gasteiger partial charge on any atom is -0.481 e. The van der Waals surface area contributed by atoms with Crippen molar-refractivity contribution in [1.29, 1.82) is 0 Å². The molecule has 1 fully saturated rings. The zero-order valence-electron chi connectivity index (χ0n) is 14.4. The van der Waals surface area contributed by atoms with E-state index in [0.29, 0.717) is 30.3 Å². The van der Waals surface area contributed by atoms with Crippen molar-refractivity contribution in [2.75, 3.05) is 13.1 Å². The molecule has 1 amide bonds. The normalized spacial score (nSPS) is 18.5. The van der Waals surface area contributed by atoms with Crippen LogP contribution in [-0.4, -0.2) is 35.0 Å². The molecule has 2 rings (SSSR count).